The SMILES string of the molecule is CCC1=NOC(C(=O)Nc2cc(C(=O)N3CC(n4nc(C)cc4C)C3)ccc2C)C1. The first-order valence-electron chi connectivity index (χ1n) is 10.3. The van der Waals surface area contributed by atoms with Crippen molar-refractivity contribution in [2.75, 3.05) is 18.4 Å². The molecule has 1 aromatic heterocycles. The van der Waals surface area contributed by atoms with Gasteiger partial charge in [0.25, 0.3) is 11.8 Å². The molecule has 0 radical (unpaired) electrons. The molecule has 2 aromatic rings. The molecule has 1 unspecified atom stereocenters. The van der Waals surface area contributed by atoms with Crippen LogP contribution in [0.2, 0.25) is 0 Å². The zero-order valence-corrected chi connectivity index (χ0v) is 17.8. The molecule has 2 amide bonds. The lowest BCUT2D eigenvalue weighted by molar-refractivity contribution is -0.125. The number of amides is 2. The number of nitrogens with one attached hydrogen (secondary N) is 1. The number of rotatable bonds is 5. The van der Waals surface area contributed by atoms with Gasteiger partial charge in [0, 0.05) is 36.5 Å². The van der Waals surface area contributed by atoms with Gasteiger partial charge in [0.1, 0.15) is 0 Å². The molecule has 1 fully saturated rings. The van der Waals surface area contributed by atoms with Crippen molar-refractivity contribution in [1.82, 2.24) is 14.7 Å². The van der Waals surface area contributed by atoms with Crippen LogP contribution in [0.3, 0.4) is 0 Å². The highest BCUT2D eigenvalue weighted by Crippen LogP contribution is 2.26. The van der Waals surface area contributed by atoms with Gasteiger partial charge in [-0.2, -0.15) is 5.10 Å². The minimum atomic E-state index is -0.615. The van der Waals surface area contributed by atoms with Crippen LogP contribution in [0.15, 0.2) is 29.4 Å². The summed E-state index contributed by atoms with van der Waals surface area (Å²) in [7, 11) is 0. The Morgan fingerprint density at radius 1 is 1.20 bits per heavy atom. The normalized spacial score (nSPS) is 18.6. The molecule has 1 atom stereocenters. The van der Waals surface area contributed by atoms with Gasteiger partial charge in [0.05, 0.1) is 17.4 Å². The number of hydrogen-bond donors (Lipinski definition) is 1. The van der Waals surface area contributed by atoms with Crippen molar-refractivity contribution in [2.24, 2.45) is 5.16 Å². The largest absolute Gasteiger partial charge is 0.382 e. The van der Waals surface area contributed by atoms with E-state index in [1.54, 1.807) is 17.0 Å². The number of likely N-dealkylation sites (tertiary alicyclic amines) is 1. The zero-order chi connectivity index (χ0) is 21.4. The van der Waals surface area contributed by atoms with E-state index in [0.29, 0.717) is 30.8 Å². The summed E-state index contributed by atoms with van der Waals surface area (Å²) in [6.45, 7) is 9.14. The summed E-state index contributed by atoms with van der Waals surface area (Å²) in [4.78, 5) is 32.5. The second-order valence-corrected chi connectivity index (χ2v) is 8.06. The minimum Gasteiger partial charge on any atom is -0.382 e. The number of carbonyl (C=O) groups excluding carboxylic acids is 2. The molecule has 0 aliphatic carbocycles. The lowest BCUT2D eigenvalue weighted by atomic mass is 10.0. The Morgan fingerprint density at radius 2 is 1.97 bits per heavy atom. The molecular weight excluding hydrogens is 382 g/mol. The van der Waals surface area contributed by atoms with Crippen LogP contribution < -0.4 is 5.32 Å². The van der Waals surface area contributed by atoms with Crippen LogP contribution in [0.4, 0.5) is 5.69 Å². The van der Waals surface area contributed by atoms with E-state index in [-0.39, 0.29) is 17.9 Å². The fourth-order valence-electron chi connectivity index (χ4n) is 3.85. The lowest BCUT2D eigenvalue weighted by Crippen LogP contribution is -2.51. The van der Waals surface area contributed by atoms with E-state index in [9.17, 15) is 9.59 Å². The highest BCUT2D eigenvalue weighted by Gasteiger charge is 2.34. The van der Waals surface area contributed by atoms with Crippen LogP contribution >= 0.6 is 0 Å². The predicted octanol–water partition coefficient (Wildman–Crippen LogP) is 3.00. The molecule has 1 aromatic carbocycles. The van der Waals surface area contributed by atoms with Crippen molar-refractivity contribution in [3.8, 4) is 0 Å². The third-order valence-electron chi connectivity index (χ3n) is 5.71. The number of oxime groups is 1. The third kappa shape index (κ3) is 3.81. The van der Waals surface area contributed by atoms with Crippen molar-refractivity contribution in [3.05, 3.63) is 46.8 Å². The topological polar surface area (TPSA) is 88.8 Å². The highest BCUT2D eigenvalue weighted by molar-refractivity contribution is 6.01. The predicted molar refractivity (Wildman–Crippen MR) is 114 cm³/mol. The molecular formula is C22H27N5O3. The van der Waals surface area contributed by atoms with Crippen molar-refractivity contribution >= 4 is 23.2 Å². The maximum atomic E-state index is 12.9. The van der Waals surface area contributed by atoms with Crippen molar-refractivity contribution in [2.45, 2.75) is 52.7 Å². The number of nitrogens with zero attached hydrogens (tertiary/aromatic N) is 4. The van der Waals surface area contributed by atoms with E-state index < -0.39 is 6.10 Å². The third-order valence-corrected chi connectivity index (χ3v) is 5.71. The summed E-state index contributed by atoms with van der Waals surface area (Å²) < 4.78 is 1.99. The van der Waals surface area contributed by atoms with Gasteiger partial charge in [-0.25, -0.2) is 0 Å². The van der Waals surface area contributed by atoms with Crippen LogP contribution in [-0.2, 0) is 9.63 Å². The molecule has 1 N–H and O–H groups in total. The average Bonchev–Trinajstić information content (AvgIpc) is 3.28. The Hall–Kier alpha value is -3.16. The number of aromatic nitrogens is 2. The molecule has 2 aliphatic rings. The molecule has 0 spiro atoms. The lowest BCUT2D eigenvalue weighted by Gasteiger charge is -2.39. The first-order chi connectivity index (χ1) is 14.4. The van der Waals surface area contributed by atoms with Crippen LogP contribution in [-0.4, -0.2) is 51.4 Å². The standard InChI is InChI=1S/C22H27N5O3/c1-5-17-10-20(30-25-17)21(28)23-19-9-16(7-6-13(19)2)22(29)26-11-18(12-26)27-15(4)8-14(3)24-27/h6-9,18,20H,5,10-12H2,1-4H3,(H,23,28). The number of benzene rings is 1. The minimum absolute atomic E-state index is 0.0444. The molecule has 0 saturated carbocycles. The van der Waals surface area contributed by atoms with Crippen molar-refractivity contribution in [3.63, 3.8) is 0 Å². The number of carbonyl (C=O) groups is 2. The Labute approximate surface area is 175 Å². The number of anilines is 1. The summed E-state index contributed by atoms with van der Waals surface area (Å²) >= 11 is 0. The van der Waals surface area contributed by atoms with Gasteiger partial charge >= 0.3 is 0 Å². The fourth-order valence-corrected chi connectivity index (χ4v) is 3.85. The molecule has 30 heavy (non-hydrogen) atoms. The monoisotopic (exact) mass is 409 g/mol. The second kappa shape index (κ2) is 7.93. The Morgan fingerprint density at radius 3 is 2.60 bits per heavy atom. The second-order valence-electron chi connectivity index (χ2n) is 8.06. The number of aryl methyl sites for hydroxylation is 3. The van der Waals surface area contributed by atoms with Gasteiger partial charge in [-0.1, -0.05) is 18.1 Å². The summed E-state index contributed by atoms with van der Waals surface area (Å²) in [5.41, 5.74) is 5.04. The van der Waals surface area contributed by atoms with Crippen LogP contribution in [0.1, 0.15) is 53.1 Å². The molecule has 8 nitrogen and oxygen atoms in total. The van der Waals surface area contributed by atoms with Gasteiger partial charge in [0.2, 0.25) is 6.10 Å². The van der Waals surface area contributed by atoms with E-state index in [1.807, 2.05) is 44.5 Å². The van der Waals surface area contributed by atoms with Gasteiger partial charge in [-0.3, -0.25) is 14.3 Å². The fraction of sp³-hybridized carbons (Fsp3) is 0.455. The van der Waals surface area contributed by atoms with E-state index in [0.717, 1.165) is 29.1 Å². The molecule has 3 heterocycles. The molecule has 0 bridgehead atoms. The maximum Gasteiger partial charge on any atom is 0.268 e. The Bertz CT molecular complexity index is 1020. The highest BCUT2D eigenvalue weighted by atomic mass is 16.6. The summed E-state index contributed by atoms with van der Waals surface area (Å²) in [5, 5.41) is 11.3. The maximum absolute atomic E-state index is 12.9. The molecule has 2 aliphatic heterocycles. The van der Waals surface area contributed by atoms with E-state index in [1.165, 1.54) is 0 Å². The molecule has 158 valence electrons. The van der Waals surface area contributed by atoms with Gasteiger partial charge in [0.15, 0.2) is 0 Å². The Kier molecular flexibility index (Phi) is 5.32. The van der Waals surface area contributed by atoms with Crippen LogP contribution in [0.5, 0.6) is 0 Å². The summed E-state index contributed by atoms with van der Waals surface area (Å²) in [5.74, 6) is -0.291. The van der Waals surface area contributed by atoms with Gasteiger partial charge in [-0.05, 0) is 51.0 Å². The first-order valence-corrected chi connectivity index (χ1v) is 10.3. The zero-order valence-electron chi connectivity index (χ0n) is 17.8. The molecule has 4 rings (SSSR count). The molecule has 1 saturated heterocycles. The van der Waals surface area contributed by atoms with E-state index in [4.69, 9.17) is 4.84 Å². The average molecular weight is 409 g/mol. The van der Waals surface area contributed by atoms with Crippen LogP contribution in [0.25, 0.3) is 0 Å². The van der Waals surface area contributed by atoms with E-state index in [2.05, 4.69) is 15.6 Å². The molecule has 8 heteroatoms. The smallest absolute Gasteiger partial charge is 0.268 e. The quantitative estimate of drug-likeness (QED) is 0.822. The number of hydrogen-bond acceptors (Lipinski definition) is 5. The first kappa shape index (κ1) is 20.1. The van der Waals surface area contributed by atoms with Crippen molar-refractivity contribution in [1.29, 1.82) is 0 Å². The van der Waals surface area contributed by atoms with Gasteiger partial charge < -0.3 is 15.1 Å². The summed E-state index contributed by atoms with van der Waals surface area (Å²) in [6, 6.07) is 7.64. The van der Waals surface area contributed by atoms with Crippen molar-refractivity contribution < 1.29 is 14.4 Å². The summed E-state index contributed by atoms with van der Waals surface area (Å²) in [6.07, 6.45) is 0.651. The van der Waals surface area contributed by atoms with E-state index >= 15 is 0 Å². The Balaban J connectivity index is 1.40. The van der Waals surface area contributed by atoms with Crippen LogP contribution in [0, 0.1) is 20.8 Å². The van der Waals surface area contributed by atoms with Gasteiger partial charge in [-0.15, -0.1) is 0 Å².